The van der Waals surface area contributed by atoms with Gasteiger partial charge >= 0.3 is 0 Å². The van der Waals surface area contributed by atoms with Crippen LogP contribution in [0.5, 0.6) is 0 Å². The van der Waals surface area contributed by atoms with E-state index in [9.17, 15) is 14.7 Å². The second-order valence-corrected chi connectivity index (χ2v) is 9.07. The van der Waals surface area contributed by atoms with Crippen molar-refractivity contribution in [1.29, 1.82) is 0 Å². The van der Waals surface area contributed by atoms with Gasteiger partial charge in [0.1, 0.15) is 18.2 Å². The van der Waals surface area contributed by atoms with Gasteiger partial charge in [-0.1, -0.05) is 0 Å². The van der Waals surface area contributed by atoms with Crippen LogP contribution in [-0.4, -0.2) is 76.8 Å². The number of carbonyl (C=O) groups excluding carboxylic acids is 2. The van der Waals surface area contributed by atoms with Crippen LogP contribution in [0.25, 0.3) is 0 Å². The Kier molecular flexibility index (Phi) is 4.93. The van der Waals surface area contributed by atoms with Gasteiger partial charge in [0.2, 0.25) is 11.8 Å². The molecule has 4 fully saturated rings. The van der Waals surface area contributed by atoms with Gasteiger partial charge in [-0.25, -0.2) is 0 Å². The Labute approximate surface area is 170 Å². The van der Waals surface area contributed by atoms with Crippen molar-refractivity contribution < 1.29 is 29.3 Å². The van der Waals surface area contributed by atoms with Crippen molar-refractivity contribution in [2.75, 3.05) is 19.7 Å². The van der Waals surface area contributed by atoms with E-state index in [0.29, 0.717) is 30.4 Å². The third-order valence-corrected chi connectivity index (χ3v) is 6.93. The van der Waals surface area contributed by atoms with Crippen LogP contribution in [-0.2, 0) is 19.1 Å². The van der Waals surface area contributed by atoms with Gasteiger partial charge in [-0.2, -0.15) is 0 Å². The summed E-state index contributed by atoms with van der Waals surface area (Å²) >= 11 is 0. The molecular formula is C21H30N2O6. The van der Waals surface area contributed by atoms with Crippen molar-refractivity contribution >= 4 is 11.8 Å². The number of aliphatic hydroxyl groups is 2. The number of nitrogens with zero attached hydrogens (tertiary/aromatic N) is 1. The molecule has 160 valence electrons. The largest absolute Gasteiger partial charge is 0.395 e. The van der Waals surface area contributed by atoms with Crippen LogP contribution < -0.4 is 5.32 Å². The standard InChI is InChI=1S/C21H30N2O6/c24-9-7-22-19(26)15-2-1-8-23(15)20(27)12-10-16(25)18-17(11-12)28-21(29-18,13-3-4-13)14-5-6-14/h11,13-18,24-25H,1-10H2,(H,22,26). The lowest BCUT2D eigenvalue weighted by molar-refractivity contribution is -0.209. The third kappa shape index (κ3) is 3.40. The average molecular weight is 406 g/mol. The molecule has 3 aliphatic carbocycles. The summed E-state index contributed by atoms with van der Waals surface area (Å²) in [6.45, 7) is 0.565. The van der Waals surface area contributed by atoms with Crippen LogP contribution >= 0.6 is 0 Å². The summed E-state index contributed by atoms with van der Waals surface area (Å²) in [5.74, 6) is -0.215. The molecule has 0 aromatic heterocycles. The zero-order valence-electron chi connectivity index (χ0n) is 16.6. The van der Waals surface area contributed by atoms with Crippen molar-refractivity contribution in [3.8, 4) is 0 Å². The molecule has 3 N–H and O–H groups in total. The molecule has 2 saturated carbocycles. The van der Waals surface area contributed by atoms with Crippen molar-refractivity contribution in [2.45, 2.75) is 75.1 Å². The first-order valence-electron chi connectivity index (χ1n) is 11.0. The number of fused-ring (bicyclic) bond motifs is 1. The van der Waals surface area contributed by atoms with Crippen molar-refractivity contribution in [1.82, 2.24) is 10.2 Å². The summed E-state index contributed by atoms with van der Waals surface area (Å²) in [7, 11) is 0. The molecule has 8 nitrogen and oxygen atoms in total. The maximum absolute atomic E-state index is 13.2. The first kappa shape index (κ1) is 19.5. The van der Waals surface area contributed by atoms with E-state index in [1.54, 1.807) is 4.90 Å². The Hall–Kier alpha value is -1.48. The molecule has 4 unspecified atom stereocenters. The van der Waals surface area contributed by atoms with Gasteiger partial charge in [0.15, 0.2) is 5.79 Å². The molecule has 5 aliphatic rings. The SMILES string of the molecule is O=C(NCCO)C1CCCN1C(=O)C1=CC2OC(C3CC3)(C3CC3)OC2C(O)C1. The molecule has 0 aromatic rings. The van der Waals surface area contributed by atoms with Crippen molar-refractivity contribution in [2.24, 2.45) is 11.8 Å². The van der Waals surface area contributed by atoms with Crippen LogP contribution in [0.4, 0.5) is 0 Å². The maximum Gasteiger partial charge on any atom is 0.250 e. The summed E-state index contributed by atoms with van der Waals surface area (Å²) < 4.78 is 12.7. The average Bonchev–Trinajstić information content (AvgIpc) is 3.65. The minimum absolute atomic E-state index is 0.131. The van der Waals surface area contributed by atoms with Gasteiger partial charge in [0.25, 0.3) is 0 Å². The summed E-state index contributed by atoms with van der Waals surface area (Å²) in [4.78, 5) is 27.2. The second kappa shape index (κ2) is 7.34. The molecule has 0 radical (unpaired) electrons. The third-order valence-electron chi connectivity index (χ3n) is 6.93. The van der Waals surface area contributed by atoms with Gasteiger partial charge in [-0.15, -0.1) is 0 Å². The van der Waals surface area contributed by atoms with Crippen LogP contribution in [0.2, 0.25) is 0 Å². The maximum atomic E-state index is 13.2. The van der Waals surface area contributed by atoms with Crippen LogP contribution in [0.15, 0.2) is 11.6 Å². The fraction of sp³-hybridized carbons (Fsp3) is 0.810. The normalized spacial score (nSPS) is 35.9. The van der Waals surface area contributed by atoms with E-state index in [0.717, 1.165) is 32.1 Å². The number of amides is 2. The number of hydrogen-bond donors (Lipinski definition) is 3. The molecule has 8 heteroatoms. The Bertz CT molecular complexity index is 704. The van der Waals surface area contributed by atoms with E-state index in [1.807, 2.05) is 6.08 Å². The second-order valence-electron chi connectivity index (χ2n) is 9.07. The highest BCUT2D eigenvalue weighted by Gasteiger charge is 2.64. The number of nitrogens with one attached hydrogen (secondary N) is 1. The fourth-order valence-electron chi connectivity index (χ4n) is 5.23. The lowest BCUT2D eigenvalue weighted by Crippen LogP contribution is -2.48. The summed E-state index contributed by atoms with van der Waals surface area (Å²) in [6, 6.07) is -0.525. The number of rotatable bonds is 6. The Balaban J connectivity index is 1.32. The van der Waals surface area contributed by atoms with Gasteiger partial charge < -0.3 is 29.9 Å². The highest BCUT2D eigenvalue weighted by Crippen LogP contribution is 2.59. The van der Waals surface area contributed by atoms with E-state index in [4.69, 9.17) is 14.6 Å². The quantitative estimate of drug-likeness (QED) is 0.576. The molecule has 2 aliphatic heterocycles. The smallest absolute Gasteiger partial charge is 0.250 e. The minimum atomic E-state index is -0.785. The van der Waals surface area contributed by atoms with Gasteiger partial charge in [0, 0.05) is 36.9 Å². The summed E-state index contributed by atoms with van der Waals surface area (Å²) in [6.07, 6.45) is 6.18. The lowest BCUT2D eigenvalue weighted by atomic mass is 9.91. The Morgan fingerprint density at radius 3 is 2.55 bits per heavy atom. The molecule has 2 heterocycles. The number of hydrogen-bond acceptors (Lipinski definition) is 6. The molecule has 29 heavy (non-hydrogen) atoms. The van der Waals surface area contributed by atoms with Gasteiger partial charge in [-0.3, -0.25) is 9.59 Å². The lowest BCUT2D eigenvalue weighted by Gasteiger charge is -2.30. The minimum Gasteiger partial charge on any atom is -0.395 e. The predicted octanol–water partition coefficient (Wildman–Crippen LogP) is 0.0772. The predicted molar refractivity (Wildman–Crippen MR) is 101 cm³/mol. The Morgan fingerprint density at radius 2 is 1.90 bits per heavy atom. The van der Waals surface area contributed by atoms with E-state index < -0.39 is 30.1 Å². The molecule has 2 saturated heterocycles. The van der Waals surface area contributed by atoms with Crippen LogP contribution in [0, 0.1) is 11.8 Å². The first-order chi connectivity index (χ1) is 14.0. The molecule has 0 bridgehead atoms. The number of ether oxygens (including phenoxy) is 2. The zero-order valence-corrected chi connectivity index (χ0v) is 16.6. The molecule has 0 aromatic carbocycles. The van der Waals surface area contributed by atoms with Gasteiger partial charge in [0.05, 0.1) is 12.7 Å². The summed E-state index contributed by atoms with van der Waals surface area (Å²) in [5.41, 5.74) is 0.506. The van der Waals surface area contributed by atoms with Crippen LogP contribution in [0.1, 0.15) is 44.9 Å². The van der Waals surface area contributed by atoms with Crippen molar-refractivity contribution in [3.05, 3.63) is 11.6 Å². The van der Waals surface area contributed by atoms with E-state index in [-0.39, 0.29) is 31.4 Å². The number of aliphatic hydroxyl groups excluding tert-OH is 2. The van der Waals surface area contributed by atoms with Crippen molar-refractivity contribution in [3.63, 3.8) is 0 Å². The molecule has 5 rings (SSSR count). The monoisotopic (exact) mass is 406 g/mol. The fourth-order valence-corrected chi connectivity index (χ4v) is 5.23. The molecule has 0 spiro atoms. The highest BCUT2D eigenvalue weighted by atomic mass is 16.8. The molecule has 2 amide bonds. The number of carbonyl (C=O) groups is 2. The highest BCUT2D eigenvalue weighted by molar-refractivity contribution is 5.97. The van der Waals surface area contributed by atoms with E-state index >= 15 is 0 Å². The molecule has 4 atom stereocenters. The topological polar surface area (TPSA) is 108 Å². The first-order valence-corrected chi connectivity index (χ1v) is 11.0. The van der Waals surface area contributed by atoms with Gasteiger partial charge in [-0.05, 0) is 44.6 Å². The van der Waals surface area contributed by atoms with Crippen LogP contribution in [0.3, 0.4) is 0 Å². The van der Waals surface area contributed by atoms with E-state index in [2.05, 4.69) is 5.32 Å². The zero-order chi connectivity index (χ0) is 20.2. The van der Waals surface area contributed by atoms with E-state index in [1.165, 1.54) is 0 Å². The summed E-state index contributed by atoms with van der Waals surface area (Å²) in [5, 5.41) is 22.3. The Morgan fingerprint density at radius 1 is 1.17 bits per heavy atom. The number of likely N-dealkylation sites (tertiary alicyclic amines) is 1. The molecular weight excluding hydrogens is 376 g/mol.